The molecule has 2 rings (SSSR count). The van der Waals surface area contributed by atoms with Gasteiger partial charge in [-0.3, -0.25) is 4.98 Å². The third-order valence-corrected chi connectivity index (χ3v) is 3.15. The summed E-state index contributed by atoms with van der Waals surface area (Å²) < 4.78 is 0. The molecular weight excluding hydrogens is 218 g/mol. The zero-order valence-corrected chi connectivity index (χ0v) is 9.82. The van der Waals surface area contributed by atoms with Crippen LogP contribution in [-0.4, -0.2) is 10.1 Å². The second-order valence-corrected chi connectivity index (χ2v) is 4.66. The molecule has 2 nitrogen and oxygen atoms in total. The van der Waals surface area contributed by atoms with E-state index >= 15 is 0 Å². The Hall–Kier alpha value is -1.32. The largest absolute Gasteiger partial charge is 0.387 e. The molecule has 1 N–H and O–H groups in total. The van der Waals surface area contributed by atoms with E-state index in [-0.39, 0.29) is 0 Å². The van der Waals surface area contributed by atoms with Gasteiger partial charge in [0.1, 0.15) is 0 Å². The van der Waals surface area contributed by atoms with Gasteiger partial charge in [0.2, 0.25) is 0 Å². The Kier molecular flexibility index (Phi) is 3.59. The van der Waals surface area contributed by atoms with Gasteiger partial charge in [-0.1, -0.05) is 30.0 Å². The summed E-state index contributed by atoms with van der Waals surface area (Å²) >= 11 is 1.66. The molecule has 0 aliphatic heterocycles. The summed E-state index contributed by atoms with van der Waals surface area (Å²) in [5, 5.41) is 9.34. The monoisotopic (exact) mass is 231 g/mol. The highest BCUT2D eigenvalue weighted by molar-refractivity contribution is 7.99. The number of aromatic nitrogens is 1. The molecule has 1 aromatic carbocycles. The summed E-state index contributed by atoms with van der Waals surface area (Å²) in [4.78, 5) is 6.47. The summed E-state index contributed by atoms with van der Waals surface area (Å²) in [6.45, 7) is 1.71. The lowest BCUT2D eigenvalue weighted by molar-refractivity contribution is 0.194. The quantitative estimate of drug-likeness (QED) is 0.880. The van der Waals surface area contributed by atoms with Crippen LogP contribution in [0.2, 0.25) is 0 Å². The maximum absolute atomic E-state index is 9.34. The molecule has 0 fully saturated rings. The van der Waals surface area contributed by atoms with Gasteiger partial charge in [0, 0.05) is 16.0 Å². The molecule has 1 aromatic heterocycles. The van der Waals surface area contributed by atoms with Gasteiger partial charge in [-0.05, 0) is 31.2 Å². The maximum atomic E-state index is 9.34. The van der Waals surface area contributed by atoms with Crippen molar-refractivity contribution in [3.05, 3.63) is 54.4 Å². The molecule has 0 bridgehead atoms. The Morgan fingerprint density at radius 3 is 2.38 bits per heavy atom. The van der Waals surface area contributed by atoms with Gasteiger partial charge in [-0.15, -0.1) is 0 Å². The number of aliphatic hydroxyl groups is 1. The third kappa shape index (κ3) is 2.84. The second-order valence-electron chi connectivity index (χ2n) is 3.51. The number of nitrogens with zero attached hydrogens (tertiary/aromatic N) is 1. The summed E-state index contributed by atoms with van der Waals surface area (Å²) in [6.07, 6.45) is 1.29. The first-order chi connectivity index (χ1) is 7.75. The molecule has 0 saturated carbocycles. The molecule has 0 radical (unpaired) electrons. The Balaban J connectivity index is 2.11. The molecule has 1 atom stereocenters. The van der Waals surface area contributed by atoms with E-state index in [1.54, 1.807) is 24.9 Å². The summed E-state index contributed by atoms with van der Waals surface area (Å²) in [7, 11) is 0. The van der Waals surface area contributed by atoms with Crippen LogP contribution in [-0.2, 0) is 0 Å². The third-order valence-electron chi connectivity index (χ3n) is 2.17. The molecule has 1 heterocycles. The van der Waals surface area contributed by atoms with E-state index in [2.05, 4.69) is 17.1 Å². The Labute approximate surface area is 99.4 Å². The van der Waals surface area contributed by atoms with Crippen molar-refractivity contribution < 1.29 is 5.11 Å². The van der Waals surface area contributed by atoms with Crippen molar-refractivity contribution in [1.29, 1.82) is 0 Å². The van der Waals surface area contributed by atoms with Crippen LogP contribution in [0.4, 0.5) is 0 Å². The van der Waals surface area contributed by atoms with Gasteiger partial charge in [0.05, 0.1) is 11.8 Å². The fraction of sp³-hybridized carbons (Fsp3) is 0.154. The maximum Gasteiger partial charge on any atom is 0.0931 e. The molecule has 0 amide bonds. The summed E-state index contributed by atoms with van der Waals surface area (Å²) in [5.41, 5.74) is 0.706. The number of rotatable bonds is 3. The van der Waals surface area contributed by atoms with E-state index in [1.807, 2.05) is 30.3 Å². The van der Waals surface area contributed by atoms with E-state index in [9.17, 15) is 5.11 Å². The van der Waals surface area contributed by atoms with Crippen molar-refractivity contribution in [1.82, 2.24) is 4.98 Å². The van der Waals surface area contributed by atoms with E-state index in [0.29, 0.717) is 5.69 Å². The molecule has 0 unspecified atom stereocenters. The Bertz CT molecular complexity index is 439. The van der Waals surface area contributed by atoms with Crippen LogP contribution < -0.4 is 0 Å². The lowest BCUT2D eigenvalue weighted by Crippen LogP contribution is -1.94. The average molecular weight is 231 g/mol. The molecule has 0 aliphatic carbocycles. The highest BCUT2D eigenvalue weighted by atomic mass is 32.2. The van der Waals surface area contributed by atoms with Crippen molar-refractivity contribution in [2.24, 2.45) is 0 Å². The van der Waals surface area contributed by atoms with E-state index in [1.165, 1.54) is 4.90 Å². The standard InChI is InChI=1S/C13H13NOS/c1-10(15)13-8-7-12(9-14-13)16-11-5-3-2-4-6-11/h2-10,15H,1H3/t10-/m0/s1. The molecule has 2 aromatic rings. The number of aliphatic hydroxyl groups excluding tert-OH is 1. The van der Waals surface area contributed by atoms with Gasteiger partial charge < -0.3 is 5.11 Å². The first kappa shape index (κ1) is 11.2. The fourth-order valence-electron chi connectivity index (χ4n) is 1.32. The fourth-order valence-corrected chi connectivity index (χ4v) is 2.13. The minimum Gasteiger partial charge on any atom is -0.387 e. The topological polar surface area (TPSA) is 33.1 Å². The normalized spacial score (nSPS) is 12.4. The van der Waals surface area contributed by atoms with Gasteiger partial charge in [-0.2, -0.15) is 0 Å². The molecule has 0 aliphatic rings. The minimum absolute atomic E-state index is 0.504. The van der Waals surface area contributed by atoms with Crippen molar-refractivity contribution in [3.8, 4) is 0 Å². The zero-order chi connectivity index (χ0) is 11.4. The van der Waals surface area contributed by atoms with Gasteiger partial charge in [-0.25, -0.2) is 0 Å². The average Bonchev–Trinajstić information content (AvgIpc) is 2.31. The van der Waals surface area contributed by atoms with Crippen LogP contribution in [0.5, 0.6) is 0 Å². The van der Waals surface area contributed by atoms with Crippen molar-refractivity contribution in [2.45, 2.75) is 22.8 Å². The van der Waals surface area contributed by atoms with Crippen LogP contribution in [0.1, 0.15) is 18.7 Å². The lowest BCUT2D eigenvalue weighted by Gasteiger charge is -2.05. The molecule has 0 spiro atoms. The predicted octanol–water partition coefficient (Wildman–Crippen LogP) is 3.29. The molecule has 3 heteroatoms. The van der Waals surface area contributed by atoms with Crippen LogP contribution in [0.15, 0.2) is 58.5 Å². The molecule has 16 heavy (non-hydrogen) atoms. The zero-order valence-electron chi connectivity index (χ0n) is 9.00. The van der Waals surface area contributed by atoms with E-state index < -0.39 is 6.10 Å². The van der Waals surface area contributed by atoms with Gasteiger partial charge >= 0.3 is 0 Å². The van der Waals surface area contributed by atoms with Crippen LogP contribution in [0.3, 0.4) is 0 Å². The predicted molar refractivity (Wildman–Crippen MR) is 65.4 cm³/mol. The van der Waals surface area contributed by atoms with E-state index in [4.69, 9.17) is 0 Å². The molecular formula is C13H13NOS. The van der Waals surface area contributed by atoms with Crippen molar-refractivity contribution in [2.75, 3.05) is 0 Å². The molecule has 0 saturated heterocycles. The SMILES string of the molecule is C[C@H](O)c1ccc(Sc2ccccc2)cn1. The number of hydrogen-bond acceptors (Lipinski definition) is 3. The van der Waals surface area contributed by atoms with Crippen LogP contribution in [0, 0.1) is 0 Å². The van der Waals surface area contributed by atoms with Gasteiger partial charge in [0.25, 0.3) is 0 Å². The minimum atomic E-state index is -0.504. The first-order valence-electron chi connectivity index (χ1n) is 5.12. The Morgan fingerprint density at radius 2 is 1.81 bits per heavy atom. The van der Waals surface area contributed by atoms with Crippen molar-refractivity contribution >= 4 is 11.8 Å². The number of hydrogen-bond donors (Lipinski definition) is 1. The number of benzene rings is 1. The lowest BCUT2D eigenvalue weighted by atomic mass is 10.2. The highest BCUT2D eigenvalue weighted by Crippen LogP contribution is 2.27. The van der Waals surface area contributed by atoms with E-state index in [0.717, 1.165) is 4.90 Å². The van der Waals surface area contributed by atoms with Crippen LogP contribution in [0.25, 0.3) is 0 Å². The first-order valence-corrected chi connectivity index (χ1v) is 5.94. The summed E-state index contributed by atoms with van der Waals surface area (Å²) in [6, 6.07) is 14.0. The smallest absolute Gasteiger partial charge is 0.0931 e. The molecule has 82 valence electrons. The number of pyridine rings is 1. The second kappa shape index (κ2) is 5.14. The highest BCUT2D eigenvalue weighted by Gasteiger charge is 2.02. The van der Waals surface area contributed by atoms with Crippen LogP contribution >= 0.6 is 11.8 Å². The van der Waals surface area contributed by atoms with Crippen molar-refractivity contribution in [3.63, 3.8) is 0 Å². The van der Waals surface area contributed by atoms with Gasteiger partial charge in [0.15, 0.2) is 0 Å². The summed E-state index contributed by atoms with van der Waals surface area (Å²) in [5.74, 6) is 0. The Morgan fingerprint density at radius 1 is 1.06 bits per heavy atom.